The van der Waals surface area contributed by atoms with E-state index in [9.17, 15) is 9.59 Å². The van der Waals surface area contributed by atoms with E-state index in [0.717, 1.165) is 6.42 Å². The first-order chi connectivity index (χ1) is 9.49. The van der Waals surface area contributed by atoms with Crippen LogP contribution in [0.2, 0.25) is 0 Å². The highest BCUT2D eigenvalue weighted by Crippen LogP contribution is 2.16. The molecule has 1 unspecified atom stereocenters. The van der Waals surface area contributed by atoms with E-state index in [4.69, 9.17) is 18.0 Å². The number of nitrogens with zero attached hydrogens (tertiary/aromatic N) is 1. The van der Waals surface area contributed by atoms with E-state index >= 15 is 0 Å². The number of rotatable bonds is 4. The SMILES string of the molecule is CC(C(=O)Nc1cccc(C(N)=S)c1)N1CCCC1=O. The lowest BCUT2D eigenvalue weighted by molar-refractivity contribution is -0.134. The molecule has 0 bridgehead atoms. The number of amides is 2. The van der Waals surface area contributed by atoms with E-state index in [2.05, 4.69) is 5.32 Å². The molecule has 1 aliphatic heterocycles. The van der Waals surface area contributed by atoms with E-state index in [-0.39, 0.29) is 16.8 Å². The van der Waals surface area contributed by atoms with Crippen LogP contribution in [-0.4, -0.2) is 34.3 Å². The third-order valence-electron chi connectivity index (χ3n) is 3.37. The Morgan fingerprint density at radius 3 is 2.85 bits per heavy atom. The third kappa shape index (κ3) is 3.14. The number of carbonyl (C=O) groups excluding carboxylic acids is 2. The predicted molar refractivity (Wildman–Crippen MR) is 81.4 cm³/mol. The van der Waals surface area contributed by atoms with Gasteiger partial charge in [0.15, 0.2) is 0 Å². The fourth-order valence-electron chi connectivity index (χ4n) is 2.22. The molecular formula is C14H17N3O2S. The van der Waals surface area contributed by atoms with Crippen molar-refractivity contribution < 1.29 is 9.59 Å². The quantitative estimate of drug-likeness (QED) is 0.819. The molecule has 5 nitrogen and oxygen atoms in total. The molecule has 1 heterocycles. The minimum atomic E-state index is -0.474. The summed E-state index contributed by atoms with van der Waals surface area (Å²) in [5.74, 6) is -0.176. The monoisotopic (exact) mass is 291 g/mol. The van der Waals surface area contributed by atoms with Gasteiger partial charge in [0.05, 0.1) is 0 Å². The van der Waals surface area contributed by atoms with Crippen molar-refractivity contribution in [2.45, 2.75) is 25.8 Å². The molecule has 0 aromatic heterocycles. The van der Waals surface area contributed by atoms with Crippen LogP contribution in [0.1, 0.15) is 25.3 Å². The molecule has 0 saturated carbocycles. The van der Waals surface area contributed by atoms with Crippen molar-refractivity contribution in [3.63, 3.8) is 0 Å². The largest absolute Gasteiger partial charge is 0.389 e. The molecule has 2 rings (SSSR count). The maximum absolute atomic E-state index is 12.2. The van der Waals surface area contributed by atoms with E-state index in [1.165, 1.54) is 0 Å². The molecular weight excluding hydrogens is 274 g/mol. The third-order valence-corrected chi connectivity index (χ3v) is 3.61. The molecule has 106 valence electrons. The van der Waals surface area contributed by atoms with Gasteiger partial charge < -0.3 is 16.0 Å². The molecule has 0 radical (unpaired) electrons. The highest BCUT2D eigenvalue weighted by molar-refractivity contribution is 7.80. The second-order valence-electron chi connectivity index (χ2n) is 4.80. The summed E-state index contributed by atoms with van der Waals surface area (Å²) in [6.07, 6.45) is 1.34. The maximum Gasteiger partial charge on any atom is 0.246 e. The highest BCUT2D eigenvalue weighted by Gasteiger charge is 2.29. The molecule has 0 spiro atoms. The van der Waals surface area contributed by atoms with Crippen LogP contribution in [0.4, 0.5) is 5.69 Å². The molecule has 6 heteroatoms. The van der Waals surface area contributed by atoms with Crippen LogP contribution in [0.15, 0.2) is 24.3 Å². The fourth-order valence-corrected chi connectivity index (χ4v) is 2.34. The summed E-state index contributed by atoms with van der Waals surface area (Å²) >= 11 is 4.90. The minimum Gasteiger partial charge on any atom is -0.389 e. The van der Waals surface area contributed by atoms with Gasteiger partial charge in [-0.2, -0.15) is 0 Å². The lowest BCUT2D eigenvalue weighted by Crippen LogP contribution is -2.42. The molecule has 2 amide bonds. The zero-order chi connectivity index (χ0) is 14.7. The van der Waals surface area contributed by atoms with Crippen LogP contribution < -0.4 is 11.1 Å². The van der Waals surface area contributed by atoms with Crippen molar-refractivity contribution in [2.24, 2.45) is 5.73 Å². The molecule has 3 N–H and O–H groups in total. The molecule has 0 aliphatic carbocycles. The van der Waals surface area contributed by atoms with Gasteiger partial charge >= 0.3 is 0 Å². The Balaban J connectivity index is 2.05. The van der Waals surface area contributed by atoms with Crippen LogP contribution in [0, 0.1) is 0 Å². The van der Waals surface area contributed by atoms with Crippen LogP contribution in [0.25, 0.3) is 0 Å². The van der Waals surface area contributed by atoms with E-state index < -0.39 is 6.04 Å². The van der Waals surface area contributed by atoms with Gasteiger partial charge in [-0.3, -0.25) is 9.59 Å². The molecule has 1 fully saturated rings. The zero-order valence-electron chi connectivity index (χ0n) is 11.3. The number of carbonyl (C=O) groups is 2. The van der Waals surface area contributed by atoms with Crippen molar-refractivity contribution in [3.05, 3.63) is 29.8 Å². The average Bonchev–Trinajstić information content (AvgIpc) is 2.84. The Bertz CT molecular complexity index is 559. The fraction of sp³-hybridized carbons (Fsp3) is 0.357. The Morgan fingerprint density at radius 1 is 1.50 bits per heavy atom. The summed E-state index contributed by atoms with van der Waals surface area (Å²) in [5, 5.41) is 2.79. The van der Waals surface area contributed by atoms with Crippen molar-refractivity contribution in [3.8, 4) is 0 Å². The van der Waals surface area contributed by atoms with Gasteiger partial charge in [0, 0.05) is 24.2 Å². The van der Waals surface area contributed by atoms with Crippen LogP contribution in [0.5, 0.6) is 0 Å². The number of hydrogen-bond acceptors (Lipinski definition) is 3. The first kappa shape index (κ1) is 14.5. The van der Waals surface area contributed by atoms with Crippen molar-refractivity contribution in [2.75, 3.05) is 11.9 Å². The lowest BCUT2D eigenvalue weighted by atomic mass is 10.2. The molecule has 1 aromatic carbocycles. The van der Waals surface area contributed by atoms with Gasteiger partial charge in [0.2, 0.25) is 11.8 Å². The summed E-state index contributed by atoms with van der Waals surface area (Å²) in [7, 11) is 0. The Labute approximate surface area is 123 Å². The summed E-state index contributed by atoms with van der Waals surface area (Å²) < 4.78 is 0. The Hall–Kier alpha value is -1.95. The number of thiocarbonyl (C=S) groups is 1. The highest BCUT2D eigenvalue weighted by atomic mass is 32.1. The first-order valence-electron chi connectivity index (χ1n) is 6.49. The van der Waals surface area contributed by atoms with Gasteiger partial charge in [-0.05, 0) is 25.5 Å². The summed E-state index contributed by atoms with van der Waals surface area (Å²) in [6.45, 7) is 2.37. The molecule has 1 atom stereocenters. The summed E-state index contributed by atoms with van der Waals surface area (Å²) in [5.41, 5.74) is 6.88. The molecule has 1 aliphatic rings. The zero-order valence-corrected chi connectivity index (χ0v) is 12.1. The van der Waals surface area contributed by atoms with Gasteiger partial charge in [-0.25, -0.2) is 0 Å². The smallest absolute Gasteiger partial charge is 0.246 e. The van der Waals surface area contributed by atoms with E-state index in [1.54, 1.807) is 36.1 Å². The van der Waals surface area contributed by atoms with Crippen LogP contribution in [-0.2, 0) is 9.59 Å². The van der Waals surface area contributed by atoms with Crippen molar-refractivity contribution in [1.29, 1.82) is 0 Å². The summed E-state index contributed by atoms with van der Waals surface area (Å²) in [6, 6.07) is 6.57. The van der Waals surface area contributed by atoms with E-state index in [1.807, 2.05) is 0 Å². The summed E-state index contributed by atoms with van der Waals surface area (Å²) in [4.78, 5) is 25.7. The number of anilines is 1. The number of likely N-dealkylation sites (tertiary alicyclic amines) is 1. The topological polar surface area (TPSA) is 75.4 Å². The van der Waals surface area contributed by atoms with Gasteiger partial charge in [-0.15, -0.1) is 0 Å². The Morgan fingerprint density at radius 2 is 2.25 bits per heavy atom. The Kier molecular flexibility index (Phi) is 4.34. The molecule has 20 heavy (non-hydrogen) atoms. The second-order valence-corrected chi connectivity index (χ2v) is 5.24. The molecule has 1 aromatic rings. The lowest BCUT2D eigenvalue weighted by Gasteiger charge is -2.23. The van der Waals surface area contributed by atoms with Crippen molar-refractivity contribution in [1.82, 2.24) is 4.90 Å². The first-order valence-corrected chi connectivity index (χ1v) is 6.90. The van der Waals surface area contributed by atoms with Gasteiger partial charge in [-0.1, -0.05) is 24.4 Å². The van der Waals surface area contributed by atoms with Gasteiger partial charge in [0.25, 0.3) is 0 Å². The normalized spacial score (nSPS) is 16.1. The van der Waals surface area contributed by atoms with Crippen molar-refractivity contribution >= 4 is 34.7 Å². The molecule has 1 saturated heterocycles. The number of hydrogen-bond donors (Lipinski definition) is 2. The van der Waals surface area contributed by atoms with E-state index in [0.29, 0.717) is 24.2 Å². The average molecular weight is 291 g/mol. The van der Waals surface area contributed by atoms with Crippen LogP contribution >= 0.6 is 12.2 Å². The number of benzene rings is 1. The minimum absolute atomic E-state index is 0.0320. The maximum atomic E-state index is 12.2. The number of nitrogens with two attached hydrogens (primary N) is 1. The second kappa shape index (κ2) is 6.00. The standard InChI is InChI=1S/C14H17N3O2S/c1-9(17-7-3-6-12(17)18)14(19)16-11-5-2-4-10(8-11)13(15)20/h2,4-5,8-9H,3,6-7H2,1H3,(H2,15,20)(H,16,19). The number of nitrogens with one attached hydrogen (secondary N) is 1. The van der Waals surface area contributed by atoms with Crippen LogP contribution in [0.3, 0.4) is 0 Å². The van der Waals surface area contributed by atoms with Gasteiger partial charge in [0.1, 0.15) is 11.0 Å². The predicted octanol–water partition coefficient (Wildman–Crippen LogP) is 1.27.